The van der Waals surface area contributed by atoms with Gasteiger partial charge < -0.3 is 24.4 Å². The lowest BCUT2D eigenvalue weighted by atomic mass is 10.0. The van der Waals surface area contributed by atoms with Gasteiger partial charge in [-0.25, -0.2) is 4.98 Å². The quantitative estimate of drug-likeness (QED) is 0.690. The molecular weight excluding hydrogens is 350 g/mol. The molecule has 0 saturated carbocycles. The van der Waals surface area contributed by atoms with Crippen molar-refractivity contribution in [2.24, 2.45) is 0 Å². The minimum Gasteiger partial charge on any atom is -0.473 e. The Morgan fingerprint density at radius 1 is 1.41 bits per heavy atom. The van der Waals surface area contributed by atoms with Gasteiger partial charge in [-0.2, -0.15) is 0 Å². The van der Waals surface area contributed by atoms with Crippen LogP contribution in [0.15, 0.2) is 22.9 Å². The molecule has 3 heterocycles. The fourth-order valence-electron chi connectivity index (χ4n) is 2.78. The summed E-state index contributed by atoms with van der Waals surface area (Å²) < 4.78 is 16.0. The highest BCUT2D eigenvalue weighted by molar-refractivity contribution is 5.94. The average Bonchev–Trinajstić information content (AvgIpc) is 3.05. The van der Waals surface area contributed by atoms with Crippen LogP contribution in [0.1, 0.15) is 54.1 Å². The zero-order valence-electron chi connectivity index (χ0n) is 15.7. The molecule has 0 atom stereocenters. The van der Waals surface area contributed by atoms with Gasteiger partial charge in [0, 0.05) is 12.3 Å². The van der Waals surface area contributed by atoms with Gasteiger partial charge in [0.25, 0.3) is 5.91 Å². The summed E-state index contributed by atoms with van der Waals surface area (Å²) in [5.41, 5.74) is 1.70. The molecule has 1 saturated heterocycles. The number of ether oxygens (including phenoxy) is 2. The van der Waals surface area contributed by atoms with E-state index in [1.165, 1.54) is 6.20 Å². The van der Waals surface area contributed by atoms with E-state index in [0.717, 1.165) is 30.5 Å². The first-order chi connectivity index (χ1) is 13.0. The number of carbonyl (C=O) groups is 1. The number of unbranched alkanes of at least 4 members (excludes halogenated alkanes) is 1. The molecular formula is C19H25N3O5. The van der Waals surface area contributed by atoms with Crippen molar-refractivity contribution in [2.75, 3.05) is 13.2 Å². The molecule has 2 aromatic rings. The molecule has 0 aromatic carbocycles. The second-order valence-electron chi connectivity index (χ2n) is 6.97. The van der Waals surface area contributed by atoms with Gasteiger partial charge in [-0.05, 0) is 25.8 Å². The zero-order chi connectivity index (χ0) is 19.3. The number of nitrogens with one attached hydrogen (secondary N) is 1. The lowest BCUT2D eigenvalue weighted by molar-refractivity contribution is -0.0593. The van der Waals surface area contributed by atoms with E-state index in [1.807, 2.05) is 6.92 Å². The van der Waals surface area contributed by atoms with Crippen molar-refractivity contribution >= 4 is 5.91 Å². The highest BCUT2D eigenvalue weighted by atomic mass is 16.5. The summed E-state index contributed by atoms with van der Waals surface area (Å²) in [6.07, 6.45) is 4.27. The number of nitrogens with zero attached hydrogens (tertiary/aromatic N) is 2. The third-order valence-corrected chi connectivity index (χ3v) is 4.48. The van der Waals surface area contributed by atoms with E-state index < -0.39 is 0 Å². The lowest BCUT2D eigenvalue weighted by Crippen LogP contribution is -2.59. The maximum Gasteiger partial charge on any atom is 0.253 e. The number of aromatic nitrogens is 2. The Bertz CT molecular complexity index is 768. The highest BCUT2D eigenvalue weighted by Crippen LogP contribution is 2.20. The normalized spacial score (nSPS) is 15.2. The number of hydrogen-bond acceptors (Lipinski definition) is 7. The van der Waals surface area contributed by atoms with E-state index >= 15 is 0 Å². The average molecular weight is 375 g/mol. The highest BCUT2D eigenvalue weighted by Gasteiger charge is 2.35. The molecule has 1 aliphatic heterocycles. The summed E-state index contributed by atoms with van der Waals surface area (Å²) >= 11 is 0. The molecule has 1 amide bonds. The Kier molecular flexibility index (Phi) is 6.08. The van der Waals surface area contributed by atoms with Crippen molar-refractivity contribution in [3.63, 3.8) is 0 Å². The predicted molar refractivity (Wildman–Crippen MR) is 96.3 cm³/mol. The van der Waals surface area contributed by atoms with Crippen LogP contribution >= 0.6 is 0 Å². The molecule has 1 aliphatic rings. The van der Waals surface area contributed by atoms with Crippen molar-refractivity contribution in [3.8, 4) is 5.88 Å². The number of aryl methyl sites for hydroxylation is 1. The predicted octanol–water partition coefficient (Wildman–Crippen LogP) is 2.00. The minimum atomic E-state index is -0.309. The van der Waals surface area contributed by atoms with E-state index in [9.17, 15) is 9.90 Å². The van der Waals surface area contributed by atoms with E-state index in [1.54, 1.807) is 12.1 Å². The molecule has 3 rings (SSSR count). The third-order valence-electron chi connectivity index (χ3n) is 4.48. The van der Waals surface area contributed by atoms with Crippen LogP contribution in [0, 0.1) is 0 Å². The Morgan fingerprint density at radius 2 is 2.22 bits per heavy atom. The number of amides is 1. The molecule has 0 bridgehead atoms. The van der Waals surface area contributed by atoms with Crippen molar-refractivity contribution < 1.29 is 23.9 Å². The van der Waals surface area contributed by atoms with Crippen LogP contribution in [0.4, 0.5) is 0 Å². The fraction of sp³-hybridized carbons (Fsp3) is 0.526. The van der Waals surface area contributed by atoms with Gasteiger partial charge in [-0.3, -0.25) is 4.79 Å². The summed E-state index contributed by atoms with van der Waals surface area (Å²) in [5, 5.41) is 16.4. The SMILES string of the molecule is CCCCc1noc(CO)c1COc1ccc(C(=O)NC2(C)COC2)cn1. The maximum absolute atomic E-state index is 12.2. The Labute approximate surface area is 157 Å². The molecule has 2 N–H and O–H groups in total. The summed E-state index contributed by atoms with van der Waals surface area (Å²) in [7, 11) is 0. The molecule has 8 nitrogen and oxygen atoms in total. The van der Waals surface area contributed by atoms with E-state index in [-0.39, 0.29) is 24.7 Å². The largest absolute Gasteiger partial charge is 0.473 e. The second-order valence-corrected chi connectivity index (χ2v) is 6.97. The van der Waals surface area contributed by atoms with Gasteiger partial charge in [-0.15, -0.1) is 0 Å². The third kappa shape index (κ3) is 4.64. The number of hydrogen-bond donors (Lipinski definition) is 2. The summed E-state index contributed by atoms with van der Waals surface area (Å²) in [6, 6.07) is 3.31. The lowest BCUT2D eigenvalue weighted by Gasteiger charge is -2.38. The molecule has 0 unspecified atom stereocenters. The van der Waals surface area contributed by atoms with Crippen LogP contribution in [0.25, 0.3) is 0 Å². The molecule has 2 aromatic heterocycles. The number of pyridine rings is 1. The van der Waals surface area contributed by atoms with E-state index in [0.29, 0.717) is 30.4 Å². The van der Waals surface area contributed by atoms with Crippen molar-refractivity contribution in [1.82, 2.24) is 15.5 Å². The number of aliphatic hydroxyl groups is 1. The van der Waals surface area contributed by atoms with Crippen LogP contribution < -0.4 is 10.1 Å². The topological polar surface area (TPSA) is 107 Å². The molecule has 1 fully saturated rings. The molecule has 0 aliphatic carbocycles. The Morgan fingerprint density at radius 3 is 2.81 bits per heavy atom. The molecule has 146 valence electrons. The van der Waals surface area contributed by atoms with Crippen LogP contribution in [0.5, 0.6) is 5.88 Å². The smallest absolute Gasteiger partial charge is 0.253 e. The first-order valence-corrected chi connectivity index (χ1v) is 9.11. The van der Waals surface area contributed by atoms with Crippen molar-refractivity contribution in [2.45, 2.75) is 51.9 Å². The van der Waals surface area contributed by atoms with Crippen molar-refractivity contribution in [3.05, 3.63) is 40.9 Å². The van der Waals surface area contributed by atoms with Gasteiger partial charge in [0.05, 0.1) is 35.6 Å². The second kappa shape index (κ2) is 8.49. The minimum absolute atomic E-state index is 0.191. The first-order valence-electron chi connectivity index (χ1n) is 9.11. The van der Waals surface area contributed by atoms with E-state index in [2.05, 4.69) is 22.4 Å². The number of aliphatic hydroxyl groups excluding tert-OH is 1. The Hall–Kier alpha value is -2.45. The van der Waals surface area contributed by atoms with Gasteiger partial charge >= 0.3 is 0 Å². The van der Waals surface area contributed by atoms with Crippen LogP contribution in [-0.2, 0) is 24.4 Å². The maximum atomic E-state index is 12.2. The Balaban J connectivity index is 1.60. The fourth-order valence-corrected chi connectivity index (χ4v) is 2.78. The molecule has 0 radical (unpaired) electrons. The monoisotopic (exact) mass is 375 g/mol. The van der Waals surface area contributed by atoms with Crippen molar-refractivity contribution in [1.29, 1.82) is 0 Å². The number of carbonyl (C=O) groups excluding carboxylic acids is 1. The molecule has 0 spiro atoms. The van der Waals surface area contributed by atoms with Gasteiger partial charge in [0.2, 0.25) is 5.88 Å². The van der Waals surface area contributed by atoms with E-state index in [4.69, 9.17) is 14.0 Å². The summed E-state index contributed by atoms with van der Waals surface area (Å²) in [4.78, 5) is 16.4. The molecule has 27 heavy (non-hydrogen) atoms. The molecule has 8 heteroatoms. The van der Waals surface area contributed by atoms with Gasteiger partial charge in [0.1, 0.15) is 13.2 Å². The van der Waals surface area contributed by atoms with Gasteiger partial charge in [0.15, 0.2) is 5.76 Å². The summed E-state index contributed by atoms with van der Waals surface area (Å²) in [6.45, 7) is 5.04. The van der Waals surface area contributed by atoms with Gasteiger partial charge in [-0.1, -0.05) is 18.5 Å². The van der Waals surface area contributed by atoms with Crippen LogP contribution in [-0.4, -0.2) is 39.9 Å². The standard InChI is InChI=1S/C19H25N3O5/c1-3-4-5-15-14(16(9-23)27-22-15)10-26-17-7-6-13(8-20-17)18(24)21-19(2)11-25-12-19/h6-8,23H,3-5,9-12H2,1-2H3,(H,21,24). The first kappa shape index (κ1) is 19.3. The number of rotatable bonds is 9. The van der Waals surface area contributed by atoms with Crippen LogP contribution in [0.3, 0.4) is 0 Å². The zero-order valence-corrected chi connectivity index (χ0v) is 15.7. The summed E-state index contributed by atoms with van der Waals surface area (Å²) in [5.74, 6) is 0.604. The van der Waals surface area contributed by atoms with Crippen LogP contribution in [0.2, 0.25) is 0 Å².